The lowest BCUT2D eigenvalue weighted by Gasteiger charge is -2.42. The van der Waals surface area contributed by atoms with Crippen molar-refractivity contribution in [2.24, 2.45) is 0 Å². The predicted octanol–water partition coefficient (Wildman–Crippen LogP) is 3.52. The Morgan fingerprint density at radius 3 is 2.54 bits per heavy atom. The zero-order valence-electron chi connectivity index (χ0n) is 16.9. The molecule has 2 aliphatic rings. The number of amides is 1. The Morgan fingerprint density at radius 1 is 1.14 bits per heavy atom. The molecule has 2 fully saturated rings. The van der Waals surface area contributed by atoms with Crippen molar-refractivity contribution in [3.8, 4) is 0 Å². The number of fused-ring (bicyclic) bond motifs is 1. The van der Waals surface area contributed by atoms with Crippen molar-refractivity contribution in [3.05, 3.63) is 26.6 Å². The molecule has 0 aromatic carbocycles. The van der Waals surface area contributed by atoms with E-state index in [0.717, 1.165) is 38.0 Å². The van der Waals surface area contributed by atoms with Crippen LogP contribution in [0.5, 0.6) is 0 Å². The molecule has 2 aromatic rings. The van der Waals surface area contributed by atoms with Gasteiger partial charge in [0.1, 0.15) is 10.7 Å². The second-order valence-electron chi connectivity index (χ2n) is 8.52. The zero-order valence-corrected chi connectivity index (χ0v) is 17.7. The highest BCUT2D eigenvalue weighted by molar-refractivity contribution is 7.20. The summed E-state index contributed by atoms with van der Waals surface area (Å²) in [5, 5.41) is 3.97. The Kier molecular flexibility index (Phi) is 5.56. The molecule has 3 heterocycles. The van der Waals surface area contributed by atoms with E-state index in [9.17, 15) is 9.59 Å². The molecule has 152 valence electrons. The van der Waals surface area contributed by atoms with Crippen LogP contribution in [0.3, 0.4) is 0 Å². The maximum absolute atomic E-state index is 13.3. The lowest BCUT2D eigenvalue weighted by molar-refractivity contribution is 0.0787. The lowest BCUT2D eigenvalue weighted by Crippen LogP contribution is -2.57. The van der Waals surface area contributed by atoms with Gasteiger partial charge in [-0.2, -0.15) is 0 Å². The summed E-state index contributed by atoms with van der Waals surface area (Å²) in [6.07, 6.45) is 9.49. The summed E-state index contributed by atoms with van der Waals surface area (Å²) in [6.45, 7) is 6.85. The molecule has 1 amide bonds. The van der Waals surface area contributed by atoms with Gasteiger partial charge in [-0.05, 0) is 58.2 Å². The summed E-state index contributed by atoms with van der Waals surface area (Å²) in [7, 11) is 0. The normalized spacial score (nSPS) is 20.4. The monoisotopic (exact) mass is 402 g/mol. The van der Waals surface area contributed by atoms with Gasteiger partial charge < -0.3 is 15.2 Å². The van der Waals surface area contributed by atoms with E-state index in [2.05, 4.69) is 20.2 Å². The maximum atomic E-state index is 13.3. The van der Waals surface area contributed by atoms with Crippen LogP contribution < -0.4 is 10.9 Å². The van der Waals surface area contributed by atoms with E-state index in [-0.39, 0.29) is 17.0 Å². The molecule has 1 aliphatic heterocycles. The number of carbonyl (C=O) groups is 1. The lowest BCUT2D eigenvalue weighted by atomic mass is 9.80. The Hall–Kier alpha value is -1.73. The molecule has 1 saturated heterocycles. The van der Waals surface area contributed by atoms with Gasteiger partial charge >= 0.3 is 0 Å². The SMILES string of the molecule is Cc1nc2sc(C(=O)NC3(CN4CCCCC4)CCCCC3)c(C)c2c(=O)[nH]1. The van der Waals surface area contributed by atoms with Crippen molar-refractivity contribution in [1.82, 2.24) is 20.2 Å². The fourth-order valence-corrected chi connectivity index (χ4v) is 5.99. The third kappa shape index (κ3) is 3.87. The quantitative estimate of drug-likeness (QED) is 0.820. The average molecular weight is 403 g/mol. The standard InChI is InChI=1S/C21H30N4O2S/c1-14-16-18(26)22-15(2)23-20(16)28-17(14)19(27)24-21(9-5-3-6-10-21)13-25-11-7-4-8-12-25/h3-13H2,1-2H3,(H,24,27)(H,22,23,26). The molecule has 1 aliphatic carbocycles. The average Bonchev–Trinajstić information content (AvgIpc) is 3.00. The number of aryl methyl sites for hydroxylation is 2. The first-order chi connectivity index (χ1) is 13.5. The molecule has 0 bridgehead atoms. The number of thiophene rings is 1. The Morgan fingerprint density at radius 2 is 1.82 bits per heavy atom. The molecule has 28 heavy (non-hydrogen) atoms. The first kappa shape index (κ1) is 19.6. The number of aromatic amines is 1. The van der Waals surface area contributed by atoms with Crippen LogP contribution in [-0.4, -0.2) is 45.9 Å². The minimum Gasteiger partial charge on any atom is -0.345 e. The summed E-state index contributed by atoms with van der Waals surface area (Å²) < 4.78 is 0. The molecule has 0 atom stereocenters. The largest absolute Gasteiger partial charge is 0.345 e. The molecular weight excluding hydrogens is 372 g/mol. The van der Waals surface area contributed by atoms with Crippen molar-refractivity contribution in [3.63, 3.8) is 0 Å². The molecule has 2 N–H and O–H groups in total. The van der Waals surface area contributed by atoms with Crippen LogP contribution in [0.4, 0.5) is 0 Å². The van der Waals surface area contributed by atoms with Crippen molar-refractivity contribution >= 4 is 27.5 Å². The Bertz CT molecular complexity index is 920. The van der Waals surface area contributed by atoms with Crippen molar-refractivity contribution < 1.29 is 4.79 Å². The number of hydrogen-bond acceptors (Lipinski definition) is 5. The zero-order chi connectivity index (χ0) is 19.7. The van der Waals surface area contributed by atoms with Crippen molar-refractivity contribution in [2.45, 2.75) is 70.8 Å². The Balaban J connectivity index is 1.61. The van der Waals surface area contributed by atoms with Crippen LogP contribution in [0.25, 0.3) is 10.2 Å². The van der Waals surface area contributed by atoms with Crippen molar-refractivity contribution in [1.29, 1.82) is 0 Å². The highest BCUT2D eigenvalue weighted by atomic mass is 32.1. The Labute approximate surface area is 169 Å². The van der Waals surface area contributed by atoms with E-state index in [1.165, 1.54) is 49.9 Å². The molecule has 6 nitrogen and oxygen atoms in total. The van der Waals surface area contributed by atoms with E-state index in [1.54, 1.807) is 6.92 Å². The van der Waals surface area contributed by atoms with Gasteiger partial charge in [-0.25, -0.2) is 4.98 Å². The number of H-pyrrole nitrogens is 1. The van der Waals surface area contributed by atoms with Gasteiger partial charge in [-0.3, -0.25) is 9.59 Å². The van der Waals surface area contributed by atoms with Crippen LogP contribution in [-0.2, 0) is 0 Å². The minimum atomic E-state index is -0.156. The summed E-state index contributed by atoms with van der Waals surface area (Å²) in [4.78, 5) is 36.6. The topological polar surface area (TPSA) is 78.1 Å². The van der Waals surface area contributed by atoms with Gasteiger partial charge in [0, 0.05) is 6.54 Å². The van der Waals surface area contributed by atoms with Gasteiger partial charge in [-0.15, -0.1) is 11.3 Å². The number of carbonyl (C=O) groups excluding carboxylic acids is 1. The van der Waals surface area contributed by atoms with Crippen molar-refractivity contribution in [2.75, 3.05) is 19.6 Å². The first-order valence-electron chi connectivity index (χ1n) is 10.5. The van der Waals surface area contributed by atoms with Gasteiger partial charge in [0.2, 0.25) is 0 Å². The third-order valence-corrected chi connectivity index (χ3v) is 7.47. The highest BCUT2D eigenvalue weighted by Gasteiger charge is 2.36. The second-order valence-corrected chi connectivity index (χ2v) is 9.52. The van der Waals surface area contributed by atoms with E-state index >= 15 is 0 Å². The minimum absolute atomic E-state index is 0.0449. The van der Waals surface area contributed by atoms with E-state index in [0.29, 0.717) is 20.9 Å². The number of rotatable bonds is 4. The summed E-state index contributed by atoms with van der Waals surface area (Å²) >= 11 is 1.34. The van der Waals surface area contributed by atoms with Gasteiger partial charge in [0.05, 0.1) is 15.8 Å². The molecule has 2 aromatic heterocycles. The number of piperidine rings is 1. The summed E-state index contributed by atoms with van der Waals surface area (Å²) in [5.41, 5.74) is 0.441. The fourth-order valence-electron chi connectivity index (χ4n) is 4.86. The van der Waals surface area contributed by atoms with Gasteiger partial charge in [0.15, 0.2) is 0 Å². The highest BCUT2D eigenvalue weighted by Crippen LogP contribution is 2.32. The number of nitrogens with one attached hydrogen (secondary N) is 2. The molecule has 0 unspecified atom stereocenters. The maximum Gasteiger partial charge on any atom is 0.262 e. The van der Waals surface area contributed by atoms with Crippen LogP contribution in [0.1, 0.15) is 72.4 Å². The summed E-state index contributed by atoms with van der Waals surface area (Å²) in [5.74, 6) is 0.538. The van der Waals surface area contributed by atoms with Crippen LogP contribution in [0, 0.1) is 13.8 Å². The fraction of sp³-hybridized carbons (Fsp3) is 0.667. The number of nitrogens with zero attached hydrogens (tertiary/aromatic N) is 2. The second kappa shape index (κ2) is 7.95. The first-order valence-corrected chi connectivity index (χ1v) is 11.3. The molecular formula is C21H30N4O2S. The predicted molar refractivity (Wildman–Crippen MR) is 113 cm³/mol. The molecule has 0 spiro atoms. The van der Waals surface area contributed by atoms with Crippen LogP contribution in [0.2, 0.25) is 0 Å². The van der Waals surface area contributed by atoms with Gasteiger partial charge in [0.25, 0.3) is 11.5 Å². The number of aromatic nitrogens is 2. The van der Waals surface area contributed by atoms with E-state index in [4.69, 9.17) is 0 Å². The van der Waals surface area contributed by atoms with E-state index in [1.807, 2.05) is 6.92 Å². The van der Waals surface area contributed by atoms with Crippen LogP contribution in [0.15, 0.2) is 4.79 Å². The van der Waals surface area contributed by atoms with Crippen LogP contribution >= 0.6 is 11.3 Å². The summed E-state index contributed by atoms with van der Waals surface area (Å²) in [6, 6.07) is 0. The number of likely N-dealkylation sites (tertiary alicyclic amines) is 1. The van der Waals surface area contributed by atoms with E-state index < -0.39 is 0 Å². The molecule has 7 heteroatoms. The third-order valence-electron chi connectivity index (χ3n) is 6.29. The molecule has 0 radical (unpaired) electrons. The van der Waals surface area contributed by atoms with Gasteiger partial charge in [-0.1, -0.05) is 25.7 Å². The smallest absolute Gasteiger partial charge is 0.262 e. The number of hydrogen-bond donors (Lipinski definition) is 2. The molecule has 4 rings (SSSR count). The molecule has 1 saturated carbocycles.